The first-order valence-electron chi connectivity index (χ1n) is 7.05. The van der Waals surface area contributed by atoms with Crippen LogP contribution in [0.1, 0.15) is 15.9 Å². The number of rotatable bonds is 3. The second-order valence-corrected chi connectivity index (χ2v) is 5.06. The van der Waals surface area contributed by atoms with Crippen molar-refractivity contribution in [2.24, 2.45) is 0 Å². The molecule has 6 heteroatoms. The molecule has 2 aromatic carbocycles. The number of fused-ring (bicyclic) bond motifs is 2. The van der Waals surface area contributed by atoms with Crippen LogP contribution in [-0.2, 0) is 11.3 Å². The molecule has 6 nitrogen and oxygen atoms in total. The zero-order valence-electron chi connectivity index (χ0n) is 12.1. The number of hydrogen-bond acceptors (Lipinski definition) is 6. The lowest BCUT2D eigenvalue weighted by atomic mass is 10.1. The molecule has 3 aromatic rings. The Labute approximate surface area is 131 Å². The van der Waals surface area contributed by atoms with Crippen molar-refractivity contribution in [3.05, 3.63) is 60.0 Å². The van der Waals surface area contributed by atoms with Gasteiger partial charge in [0, 0.05) is 11.6 Å². The van der Waals surface area contributed by atoms with Gasteiger partial charge in [0.25, 0.3) is 0 Å². The molecule has 0 saturated carbocycles. The summed E-state index contributed by atoms with van der Waals surface area (Å²) in [5.41, 5.74) is 2.09. The van der Waals surface area contributed by atoms with Gasteiger partial charge in [-0.05, 0) is 35.9 Å². The molecule has 0 bridgehead atoms. The summed E-state index contributed by atoms with van der Waals surface area (Å²) in [6.45, 7) is 0.385. The monoisotopic (exact) mass is 308 g/mol. The number of aromatic nitrogens is 2. The minimum Gasteiger partial charge on any atom is -0.457 e. The Kier molecular flexibility index (Phi) is 3.27. The van der Waals surface area contributed by atoms with Crippen molar-refractivity contribution < 1.29 is 19.0 Å². The Morgan fingerprint density at radius 3 is 3.00 bits per heavy atom. The van der Waals surface area contributed by atoms with Crippen molar-refractivity contribution in [2.75, 3.05) is 6.79 Å². The summed E-state index contributed by atoms with van der Waals surface area (Å²) in [6.07, 6.45) is 3.14. The SMILES string of the molecule is O=C(OCc1ccc2c(c1)OCO2)c1ccc2ncncc2c1. The van der Waals surface area contributed by atoms with Crippen molar-refractivity contribution in [3.63, 3.8) is 0 Å². The van der Waals surface area contributed by atoms with Crippen molar-refractivity contribution in [2.45, 2.75) is 6.61 Å². The lowest BCUT2D eigenvalue weighted by Crippen LogP contribution is -2.05. The molecule has 0 fully saturated rings. The van der Waals surface area contributed by atoms with Gasteiger partial charge in [0.15, 0.2) is 11.5 Å². The zero-order chi connectivity index (χ0) is 15.6. The van der Waals surface area contributed by atoms with Gasteiger partial charge in [0.05, 0.1) is 11.1 Å². The fraction of sp³-hybridized carbons (Fsp3) is 0.118. The van der Waals surface area contributed by atoms with Crippen LogP contribution >= 0.6 is 0 Å². The van der Waals surface area contributed by atoms with E-state index in [1.54, 1.807) is 30.5 Å². The van der Waals surface area contributed by atoms with Crippen LogP contribution in [0.15, 0.2) is 48.9 Å². The molecule has 1 aliphatic heterocycles. The van der Waals surface area contributed by atoms with E-state index in [1.807, 2.05) is 12.1 Å². The van der Waals surface area contributed by atoms with E-state index in [0.717, 1.165) is 16.5 Å². The summed E-state index contributed by atoms with van der Waals surface area (Å²) in [7, 11) is 0. The molecular weight excluding hydrogens is 296 g/mol. The average Bonchev–Trinajstić information content (AvgIpc) is 3.07. The lowest BCUT2D eigenvalue weighted by Gasteiger charge is -2.06. The molecule has 2 heterocycles. The number of esters is 1. The Bertz CT molecular complexity index is 895. The lowest BCUT2D eigenvalue weighted by molar-refractivity contribution is 0.0472. The maximum absolute atomic E-state index is 12.2. The fourth-order valence-electron chi connectivity index (χ4n) is 2.37. The first-order valence-corrected chi connectivity index (χ1v) is 7.05. The van der Waals surface area contributed by atoms with E-state index >= 15 is 0 Å². The van der Waals surface area contributed by atoms with Crippen LogP contribution in [0, 0.1) is 0 Å². The Hall–Kier alpha value is -3.15. The van der Waals surface area contributed by atoms with Crippen LogP contribution in [0.25, 0.3) is 10.9 Å². The number of benzene rings is 2. The van der Waals surface area contributed by atoms with Gasteiger partial charge in [0.1, 0.15) is 12.9 Å². The predicted molar refractivity (Wildman–Crippen MR) is 81.2 cm³/mol. The summed E-state index contributed by atoms with van der Waals surface area (Å²) in [5, 5.41) is 0.796. The molecule has 1 aromatic heterocycles. The van der Waals surface area contributed by atoms with Gasteiger partial charge < -0.3 is 14.2 Å². The Morgan fingerprint density at radius 1 is 1.13 bits per heavy atom. The van der Waals surface area contributed by atoms with Crippen LogP contribution in [0.3, 0.4) is 0 Å². The second kappa shape index (κ2) is 5.57. The highest BCUT2D eigenvalue weighted by atomic mass is 16.7. The number of ether oxygens (including phenoxy) is 3. The van der Waals surface area contributed by atoms with Gasteiger partial charge >= 0.3 is 5.97 Å². The molecule has 114 valence electrons. The molecule has 1 aliphatic rings. The number of carbonyl (C=O) groups excluding carboxylic acids is 1. The normalized spacial score (nSPS) is 12.3. The average molecular weight is 308 g/mol. The number of hydrogen-bond donors (Lipinski definition) is 0. The third-order valence-corrected chi connectivity index (χ3v) is 3.55. The first-order chi connectivity index (χ1) is 11.3. The van der Waals surface area contributed by atoms with E-state index in [4.69, 9.17) is 14.2 Å². The highest BCUT2D eigenvalue weighted by molar-refractivity contribution is 5.94. The quantitative estimate of drug-likeness (QED) is 0.693. The molecule has 0 amide bonds. The van der Waals surface area contributed by atoms with Crippen molar-refractivity contribution in [3.8, 4) is 11.5 Å². The number of nitrogens with zero attached hydrogens (tertiary/aromatic N) is 2. The minimum atomic E-state index is -0.395. The van der Waals surface area contributed by atoms with Gasteiger partial charge in [-0.1, -0.05) is 6.07 Å². The molecule has 0 radical (unpaired) electrons. The van der Waals surface area contributed by atoms with E-state index in [0.29, 0.717) is 17.1 Å². The maximum Gasteiger partial charge on any atom is 0.338 e. The minimum absolute atomic E-state index is 0.165. The zero-order valence-corrected chi connectivity index (χ0v) is 12.1. The van der Waals surface area contributed by atoms with Crippen LogP contribution in [0.4, 0.5) is 0 Å². The summed E-state index contributed by atoms with van der Waals surface area (Å²) >= 11 is 0. The molecule has 4 rings (SSSR count). The molecule has 0 unspecified atom stereocenters. The van der Waals surface area contributed by atoms with E-state index in [-0.39, 0.29) is 13.4 Å². The van der Waals surface area contributed by atoms with Gasteiger partial charge in [-0.3, -0.25) is 0 Å². The summed E-state index contributed by atoms with van der Waals surface area (Å²) in [5.74, 6) is 0.976. The highest BCUT2D eigenvalue weighted by Crippen LogP contribution is 2.32. The van der Waals surface area contributed by atoms with E-state index < -0.39 is 5.97 Å². The smallest absolute Gasteiger partial charge is 0.338 e. The molecular formula is C17H12N2O4. The summed E-state index contributed by atoms with van der Waals surface area (Å²) in [4.78, 5) is 20.2. The van der Waals surface area contributed by atoms with Gasteiger partial charge in [0.2, 0.25) is 6.79 Å². The molecule has 0 saturated heterocycles. The molecule has 0 spiro atoms. The van der Waals surface area contributed by atoms with E-state index in [9.17, 15) is 4.79 Å². The van der Waals surface area contributed by atoms with Crippen LogP contribution in [-0.4, -0.2) is 22.7 Å². The molecule has 0 atom stereocenters. The van der Waals surface area contributed by atoms with Gasteiger partial charge in [-0.25, -0.2) is 14.8 Å². The molecule has 0 aliphatic carbocycles. The van der Waals surface area contributed by atoms with Crippen LogP contribution in [0.2, 0.25) is 0 Å². The Morgan fingerprint density at radius 2 is 2.04 bits per heavy atom. The number of carbonyl (C=O) groups is 1. The van der Waals surface area contributed by atoms with Gasteiger partial charge in [-0.15, -0.1) is 0 Å². The van der Waals surface area contributed by atoms with Crippen molar-refractivity contribution in [1.82, 2.24) is 9.97 Å². The largest absolute Gasteiger partial charge is 0.457 e. The van der Waals surface area contributed by atoms with Crippen LogP contribution < -0.4 is 9.47 Å². The highest BCUT2D eigenvalue weighted by Gasteiger charge is 2.14. The predicted octanol–water partition coefficient (Wildman–Crippen LogP) is 2.72. The van der Waals surface area contributed by atoms with Crippen molar-refractivity contribution >= 4 is 16.9 Å². The first kappa shape index (κ1) is 13.5. The third-order valence-electron chi connectivity index (χ3n) is 3.55. The Balaban J connectivity index is 1.48. The second-order valence-electron chi connectivity index (χ2n) is 5.06. The summed E-state index contributed by atoms with van der Waals surface area (Å²) < 4.78 is 15.9. The summed E-state index contributed by atoms with van der Waals surface area (Å²) in [6, 6.07) is 10.6. The maximum atomic E-state index is 12.2. The van der Waals surface area contributed by atoms with Crippen molar-refractivity contribution in [1.29, 1.82) is 0 Å². The standard InChI is InChI=1S/C17H12N2O4/c20-17(12-2-3-14-13(6-12)7-18-9-19-14)21-8-11-1-4-15-16(5-11)23-10-22-15/h1-7,9H,8,10H2. The third kappa shape index (κ3) is 2.66. The van der Waals surface area contributed by atoms with E-state index in [1.165, 1.54) is 6.33 Å². The van der Waals surface area contributed by atoms with E-state index in [2.05, 4.69) is 9.97 Å². The molecule has 23 heavy (non-hydrogen) atoms. The topological polar surface area (TPSA) is 70.5 Å². The van der Waals surface area contributed by atoms with Crippen LogP contribution in [0.5, 0.6) is 11.5 Å². The fourth-order valence-corrected chi connectivity index (χ4v) is 2.37. The molecule has 0 N–H and O–H groups in total. The van der Waals surface area contributed by atoms with Gasteiger partial charge in [-0.2, -0.15) is 0 Å².